The minimum absolute atomic E-state index is 0.138. The third-order valence-corrected chi connectivity index (χ3v) is 3.26. The molecule has 1 atom stereocenters. The van der Waals surface area contributed by atoms with Gasteiger partial charge in [-0.05, 0) is 13.0 Å². The van der Waals surface area contributed by atoms with Crippen LogP contribution in [0.5, 0.6) is 5.75 Å². The van der Waals surface area contributed by atoms with E-state index in [-0.39, 0.29) is 16.5 Å². The maximum Gasteiger partial charge on any atom is 0.352 e. The van der Waals surface area contributed by atoms with Crippen LogP contribution in [0.4, 0.5) is 4.39 Å². The van der Waals surface area contributed by atoms with Crippen molar-refractivity contribution in [2.45, 2.75) is 13.0 Å². The van der Waals surface area contributed by atoms with Crippen molar-refractivity contribution < 1.29 is 19.0 Å². The van der Waals surface area contributed by atoms with E-state index in [1.54, 1.807) is 0 Å². The second-order valence-electron chi connectivity index (χ2n) is 4.57. The first-order valence-electron chi connectivity index (χ1n) is 6.26. The topological polar surface area (TPSA) is 103 Å². The average molecular weight is 344 g/mol. The molecule has 0 saturated heterocycles. The molecule has 0 radical (unpaired) electrons. The molecule has 0 bridgehead atoms. The third kappa shape index (κ3) is 3.24. The van der Waals surface area contributed by atoms with Gasteiger partial charge in [0.15, 0.2) is 11.9 Å². The van der Waals surface area contributed by atoms with Gasteiger partial charge in [-0.2, -0.15) is 9.78 Å². The lowest BCUT2D eigenvalue weighted by Crippen LogP contribution is -2.38. The molecule has 1 aromatic carbocycles. The van der Waals surface area contributed by atoms with Crippen molar-refractivity contribution >= 4 is 17.6 Å². The zero-order chi connectivity index (χ0) is 17.3. The molecule has 0 saturated carbocycles. The fourth-order valence-electron chi connectivity index (χ4n) is 1.66. The lowest BCUT2D eigenvalue weighted by molar-refractivity contribution is -0.144. The summed E-state index contributed by atoms with van der Waals surface area (Å²) >= 11 is 5.81. The molecule has 23 heavy (non-hydrogen) atoms. The summed E-state index contributed by atoms with van der Waals surface area (Å²) in [5.41, 5.74) is -1.87. The molecule has 1 N–H and O–H groups in total. The lowest BCUT2D eigenvalue weighted by Gasteiger charge is -2.14. The van der Waals surface area contributed by atoms with E-state index < -0.39 is 29.1 Å². The molecule has 2 rings (SSSR count). The van der Waals surface area contributed by atoms with E-state index in [2.05, 4.69) is 5.10 Å². The first-order chi connectivity index (χ1) is 10.7. The van der Waals surface area contributed by atoms with Crippen molar-refractivity contribution in [3.05, 3.63) is 50.0 Å². The van der Waals surface area contributed by atoms with Gasteiger partial charge in [0.1, 0.15) is 17.6 Å². The number of ether oxygens (including phenoxy) is 1. The summed E-state index contributed by atoms with van der Waals surface area (Å²) < 4.78 is 20.6. The Hall–Kier alpha value is -2.68. The van der Waals surface area contributed by atoms with Crippen LogP contribution in [0.25, 0.3) is 5.69 Å². The number of carbonyl (C=O) groups is 1. The standard InChI is InChI=1S/C13H11ClFN3O5/c1-6(12(20)21)23-10-4-9(8(15)3-7(10)14)18-13(22)17(2)11(19)5-16-18/h3-6H,1-2H3,(H,20,21)/t6-/m0/s1. The number of aromatic nitrogens is 3. The van der Waals surface area contributed by atoms with Crippen LogP contribution in [-0.4, -0.2) is 31.5 Å². The number of hydrogen-bond acceptors (Lipinski definition) is 5. The minimum atomic E-state index is -1.25. The molecule has 122 valence electrons. The molecule has 0 spiro atoms. The highest BCUT2D eigenvalue weighted by atomic mass is 35.5. The second kappa shape index (κ2) is 6.21. The molecule has 0 aliphatic heterocycles. The highest BCUT2D eigenvalue weighted by molar-refractivity contribution is 6.32. The van der Waals surface area contributed by atoms with Crippen LogP contribution in [0.2, 0.25) is 5.02 Å². The highest BCUT2D eigenvalue weighted by Gasteiger charge is 2.19. The molecule has 0 aliphatic carbocycles. The van der Waals surface area contributed by atoms with Gasteiger partial charge in [0, 0.05) is 13.1 Å². The molecular formula is C13H11ClFN3O5. The van der Waals surface area contributed by atoms with Crippen LogP contribution in [0.15, 0.2) is 27.9 Å². The summed E-state index contributed by atoms with van der Waals surface area (Å²) in [4.78, 5) is 34.2. The van der Waals surface area contributed by atoms with Crippen LogP contribution in [0, 0.1) is 5.82 Å². The molecule has 10 heteroatoms. The van der Waals surface area contributed by atoms with Gasteiger partial charge in [0.25, 0.3) is 5.56 Å². The second-order valence-corrected chi connectivity index (χ2v) is 4.98. The van der Waals surface area contributed by atoms with Crippen molar-refractivity contribution in [1.29, 1.82) is 0 Å². The molecule has 0 fully saturated rings. The zero-order valence-electron chi connectivity index (χ0n) is 12.0. The first kappa shape index (κ1) is 16.7. The third-order valence-electron chi connectivity index (χ3n) is 2.96. The molecule has 8 nitrogen and oxygen atoms in total. The van der Waals surface area contributed by atoms with Crippen molar-refractivity contribution in [1.82, 2.24) is 14.3 Å². The number of carboxylic acid groups (broad SMARTS) is 1. The number of halogens is 2. The molecule has 0 unspecified atom stereocenters. The van der Waals surface area contributed by atoms with E-state index in [1.807, 2.05) is 0 Å². The number of aliphatic carboxylic acids is 1. The van der Waals surface area contributed by atoms with E-state index in [9.17, 15) is 18.8 Å². The molecule has 2 aromatic rings. The van der Waals surface area contributed by atoms with E-state index >= 15 is 0 Å². The van der Waals surface area contributed by atoms with E-state index in [4.69, 9.17) is 21.4 Å². The van der Waals surface area contributed by atoms with Crippen LogP contribution in [-0.2, 0) is 11.8 Å². The Balaban J connectivity index is 2.60. The number of nitrogens with zero attached hydrogens (tertiary/aromatic N) is 3. The number of hydrogen-bond donors (Lipinski definition) is 1. The first-order valence-corrected chi connectivity index (χ1v) is 6.64. The van der Waals surface area contributed by atoms with E-state index in [1.165, 1.54) is 14.0 Å². The Morgan fingerprint density at radius 1 is 1.43 bits per heavy atom. The van der Waals surface area contributed by atoms with Crippen molar-refractivity contribution in [3.63, 3.8) is 0 Å². The van der Waals surface area contributed by atoms with Gasteiger partial charge < -0.3 is 9.84 Å². The highest BCUT2D eigenvalue weighted by Crippen LogP contribution is 2.29. The van der Waals surface area contributed by atoms with Crippen LogP contribution in [0.3, 0.4) is 0 Å². The van der Waals surface area contributed by atoms with E-state index in [0.29, 0.717) is 4.68 Å². The summed E-state index contributed by atoms with van der Waals surface area (Å²) in [6, 6.07) is 1.90. The monoisotopic (exact) mass is 343 g/mol. The Morgan fingerprint density at radius 2 is 2.09 bits per heavy atom. The van der Waals surface area contributed by atoms with Crippen molar-refractivity contribution in [2.75, 3.05) is 0 Å². The molecule has 1 aromatic heterocycles. The van der Waals surface area contributed by atoms with Gasteiger partial charge in [-0.25, -0.2) is 14.0 Å². The predicted octanol–water partition coefficient (Wildman–Crippen LogP) is 0.576. The van der Waals surface area contributed by atoms with Gasteiger partial charge in [-0.3, -0.25) is 9.36 Å². The zero-order valence-corrected chi connectivity index (χ0v) is 12.7. The summed E-state index contributed by atoms with van der Waals surface area (Å²) in [5, 5.41) is 12.2. The maximum atomic E-state index is 14.1. The molecule has 0 aliphatic rings. The quantitative estimate of drug-likeness (QED) is 0.870. The minimum Gasteiger partial charge on any atom is -0.479 e. The number of benzene rings is 1. The summed E-state index contributed by atoms with van der Waals surface area (Å²) in [5.74, 6) is -2.27. The van der Waals surface area contributed by atoms with Gasteiger partial charge in [0.05, 0.1) is 5.02 Å². The van der Waals surface area contributed by atoms with Crippen molar-refractivity contribution in [2.24, 2.45) is 7.05 Å². The Kier molecular flexibility index (Phi) is 4.50. The van der Waals surface area contributed by atoms with Gasteiger partial charge in [0.2, 0.25) is 0 Å². The SMILES string of the molecule is C[C@H](Oc1cc(-n2ncc(=O)n(C)c2=O)c(F)cc1Cl)C(=O)O. The Morgan fingerprint density at radius 3 is 2.70 bits per heavy atom. The fourth-order valence-corrected chi connectivity index (χ4v) is 1.85. The van der Waals surface area contributed by atoms with E-state index in [0.717, 1.165) is 22.9 Å². The van der Waals surface area contributed by atoms with Gasteiger partial charge >= 0.3 is 11.7 Å². The van der Waals surface area contributed by atoms with Crippen LogP contribution in [0.1, 0.15) is 6.92 Å². The van der Waals surface area contributed by atoms with Crippen LogP contribution >= 0.6 is 11.6 Å². The lowest BCUT2D eigenvalue weighted by atomic mass is 10.2. The summed E-state index contributed by atoms with van der Waals surface area (Å²) in [7, 11) is 1.21. The van der Waals surface area contributed by atoms with Gasteiger partial charge in [-0.1, -0.05) is 11.6 Å². The number of carboxylic acids is 1. The maximum absolute atomic E-state index is 14.1. The van der Waals surface area contributed by atoms with Crippen molar-refractivity contribution in [3.8, 4) is 11.4 Å². The van der Waals surface area contributed by atoms with Gasteiger partial charge in [-0.15, -0.1) is 0 Å². The Labute approximate surface area is 133 Å². The molecule has 1 heterocycles. The van der Waals surface area contributed by atoms with Crippen LogP contribution < -0.4 is 16.0 Å². The Bertz CT molecular complexity index is 892. The fraction of sp³-hybridized carbons (Fsp3) is 0.231. The largest absolute Gasteiger partial charge is 0.479 e. The summed E-state index contributed by atoms with van der Waals surface area (Å²) in [6.45, 7) is 1.26. The predicted molar refractivity (Wildman–Crippen MR) is 77.8 cm³/mol. The summed E-state index contributed by atoms with van der Waals surface area (Å²) in [6.07, 6.45) is -0.397. The molecular weight excluding hydrogens is 333 g/mol. The smallest absolute Gasteiger partial charge is 0.352 e. The average Bonchev–Trinajstić information content (AvgIpc) is 2.48. The molecule has 0 amide bonds. The number of rotatable bonds is 4. The normalized spacial score (nSPS) is 12.0.